The maximum absolute atomic E-state index is 5.75. The molecule has 1 aromatic rings. The predicted molar refractivity (Wildman–Crippen MR) is 78.5 cm³/mol. The fourth-order valence-electron chi connectivity index (χ4n) is 2.51. The number of nitrogens with one attached hydrogen (secondary N) is 1. The van der Waals surface area contributed by atoms with E-state index in [9.17, 15) is 0 Å². The van der Waals surface area contributed by atoms with E-state index in [0.29, 0.717) is 6.10 Å². The lowest BCUT2D eigenvalue weighted by atomic mass is 10.1. The molecule has 106 valence electrons. The van der Waals surface area contributed by atoms with Gasteiger partial charge in [0.05, 0.1) is 11.8 Å². The summed E-state index contributed by atoms with van der Waals surface area (Å²) >= 11 is 0. The van der Waals surface area contributed by atoms with Crippen molar-refractivity contribution in [1.82, 2.24) is 10.3 Å². The third-order valence-electron chi connectivity index (χ3n) is 3.45. The van der Waals surface area contributed by atoms with Crippen LogP contribution in [-0.2, 0) is 11.3 Å². The van der Waals surface area contributed by atoms with E-state index in [0.717, 1.165) is 44.3 Å². The molecular weight excluding hydrogens is 238 g/mol. The van der Waals surface area contributed by atoms with Crippen LogP contribution in [0.15, 0.2) is 18.2 Å². The molecule has 0 bridgehead atoms. The SMILES string of the molecule is CCNCc1cccc(N2CCCC(OCC)C2)n1. The van der Waals surface area contributed by atoms with Crippen molar-refractivity contribution < 1.29 is 4.74 Å². The van der Waals surface area contributed by atoms with Gasteiger partial charge in [-0.15, -0.1) is 0 Å². The highest BCUT2D eigenvalue weighted by Crippen LogP contribution is 2.19. The number of aromatic nitrogens is 1. The van der Waals surface area contributed by atoms with Crippen LogP contribution in [0.2, 0.25) is 0 Å². The van der Waals surface area contributed by atoms with E-state index in [4.69, 9.17) is 9.72 Å². The molecule has 4 heteroatoms. The average molecular weight is 263 g/mol. The van der Waals surface area contributed by atoms with Crippen LogP contribution >= 0.6 is 0 Å². The Labute approximate surface area is 116 Å². The Hall–Kier alpha value is -1.13. The largest absolute Gasteiger partial charge is 0.377 e. The van der Waals surface area contributed by atoms with Gasteiger partial charge in [0.25, 0.3) is 0 Å². The molecule has 1 aromatic heterocycles. The Balaban J connectivity index is 1.99. The van der Waals surface area contributed by atoms with E-state index >= 15 is 0 Å². The summed E-state index contributed by atoms with van der Waals surface area (Å²) in [6, 6.07) is 6.28. The van der Waals surface area contributed by atoms with Crippen molar-refractivity contribution in [2.24, 2.45) is 0 Å². The molecule has 1 aliphatic rings. The van der Waals surface area contributed by atoms with E-state index in [1.165, 1.54) is 12.8 Å². The first kappa shape index (κ1) is 14.3. The fraction of sp³-hybridized carbons (Fsp3) is 0.667. The van der Waals surface area contributed by atoms with Crippen molar-refractivity contribution in [2.45, 2.75) is 39.3 Å². The zero-order chi connectivity index (χ0) is 13.5. The Morgan fingerprint density at radius 1 is 1.42 bits per heavy atom. The van der Waals surface area contributed by atoms with Crippen LogP contribution < -0.4 is 10.2 Å². The highest BCUT2D eigenvalue weighted by Gasteiger charge is 2.20. The minimum atomic E-state index is 0.359. The van der Waals surface area contributed by atoms with Crippen molar-refractivity contribution in [3.8, 4) is 0 Å². The molecule has 19 heavy (non-hydrogen) atoms. The predicted octanol–water partition coefficient (Wildman–Crippen LogP) is 2.20. The van der Waals surface area contributed by atoms with Crippen molar-refractivity contribution >= 4 is 5.82 Å². The molecule has 2 rings (SSSR count). The first-order valence-electron chi connectivity index (χ1n) is 7.36. The lowest BCUT2D eigenvalue weighted by Crippen LogP contribution is -2.40. The number of rotatable bonds is 6. The van der Waals surface area contributed by atoms with Crippen LogP contribution in [0.4, 0.5) is 5.82 Å². The number of hydrogen-bond donors (Lipinski definition) is 1. The summed E-state index contributed by atoms with van der Waals surface area (Å²) in [6.07, 6.45) is 2.71. The number of pyridine rings is 1. The zero-order valence-electron chi connectivity index (χ0n) is 12.1. The first-order chi connectivity index (χ1) is 9.33. The topological polar surface area (TPSA) is 37.4 Å². The Kier molecular flexibility index (Phi) is 5.61. The molecule has 0 aliphatic carbocycles. The third kappa shape index (κ3) is 4.18. The number of piperidine rings is 1. The monoisotopic (exact) mass is 263 g/mol. The first-order valence-corrected chi connectivity index (χ1v) is 7.36. The fourth-order valence-corrected chi connectivity index (χ4v) is 2.51. The van der Waals surface area contributed by atoms with Crippen LogP contribution in [0, 0.1) is 0 Å². The quantitative estimate of drug-likeness (QED) is 0.854. The van der Waals surface area contributed by atoms with Gasteiger partial charge in [-0.1, -0.05) is 13.0 Å². The molecule has 0 spiro atoms. The van der Waals surface area contributed by atoms with Gasteiger partial charge in [0.15, 0.2) is 0 Å². The van der Waals surface area contributed by atoms with Gasteiger partial charge < -0.3 is 15.0 Å². The summed E-state index contributed by atoms with van der Waals surface area (Å²) in [5.74, 6) is 1.08. The molecule has 0 radical (unpaired) electrons. The second kappa shape index (κ2) is 7.46. The van der Waals surface area contributed by atoms with Gasteiger partial charge in [0.2, 0.25) is 0 Å². The van der Waals surface area contributed by atoms with E-state index in [1.54, 1.807) is 0 Å². The molecule has 0 aromatic carbocycles. The normalized spacial score (nSPS) is 19.7. The van der Waals surface area contributed by atoms with Gasteiger partial charge >= 0.3 is 0 Å². The summed E-state index contributed by atoms with van der Waals surface area (Å²) in [7, 11) is 0. The van der Waals surface area contributed by atoms with Crippen LogP contribution in [0.3, 0.4) is 0 Å². The van der Waals surface area contributed by atoms with Crippen molar-refractivity contribution in [1.29, 1.82) is 0 Å². The molecule has 1 saturated heterocycles. The molecule has 0 amide bonds. The van der Waals surface area contributed by atoms with Gasteiger partial charge in [-0.3, -0.25) is 0 Å². The highest BCUT2D eigenvalue weighted by atomic mass is 16.5. The number of ether oxygens (including phenoxy) is 1. The maximum atomic E-state index is 5.75. The minimum absolute atomic E-state index is 0.359. The molecule has 1 fully saturated rings. The molecule has 1 aliphatic heterocycles. The minimum Gasteiger partial charge on any atom is -0.377 e. The summed E-state index contributed by atoms with van der Waals surface area (Å²) in [6.45, 7) is 8.84. The molecule has 4 nitrogen and oxygen atoms in total. The Bertz CT molecular complexity index is 381. The highest BCUT2D eigenvalue weighted by molar-refractivity contribution is 5.40. The van der Waals surface area contributed by atoms with Gasteiger partial charge in [-0.2, -0.15) is 0 Å². The summed E-state index contributed by atoms with van der Waals surface area (Å²) in [5, 5.41) is 3.32. The van der Waals surface area contributed by atoms with E-state index in [-0.39, 0.29) is 0 Å². The molecule has 1 unspecified atom stereocenters. The van der Waals surface area contributed by atoms with E-state index in [1.807, 2.05) is 0 Å². The number of hydrogen-bond acceptors (Lipinski definition) is 4. The molecule has 1 N–H and O–H groups in total. The third-order valence-corrected chi connectivity index (χ3v) is 3.45. The van der Waals surface area contributed by atoms with Gasteiger partial charge in [0, 0.05) is 26.2 Å². The van der Waals surface area contributed by atoms with Crippen LogP contribution in [0.25, 0.3) is 0 Å². The van der Waals surface area contributed by atoms with Gasteiger partial charge in [-0.05, 0) is 38.4 Å². The van der Waals surface area contributed by atoms with Crippen molar-refractivity contribution in [2.75, 3.05) is 31.1 Å². The van der Waals surface area contributed by atoms with E-state index < -0.39 is 0 Å². The second-order valence-corrected chi connectivity index (χ2v) is 4.93. The number of nitrogens with zero attached hydrogens (tertiary/aromatic N) is 2. The Morgan fingerprint density at radius 2 is 2.32 bits per heavy atom. The molecule has 1 atom stereocenters. The maximum Gasteiger partial charge on any atom is 0.128 e. The lowest BCUT2D eigenvalue weighted by molar-refractivity contribution is 0.0525. The zero-order valence-corrected chi connectivity index (χ0v) is 12.1. The van der Waals surface area contributed by atoms with Crippen LogP contribution in [0.1, 0.15) is 32.4 Å². The molecule has 2 heterocycles. The van der Waals surface area contributed by atoms with Gasteiger partial charge in [-0.25, -0.2) is 4.98 Å². The Morgan fingerprint density at radius 3 is 3.11 bits per heavy atom. The van der Waals surface area contributed by atoms with Gasteiger partial charge in [0.1, 0.15) is 5.82 Å². The smallest absolute Gasteiger partial charge is 0.128 e. The van der Waals surface area contributed by atoms with Crippen molar-refractivity contribution in [3.63, 3.8) is 0 Å². The van der Waals surface area contributed by atoms with E-state index in [2.05, 4.69) is 42.3 Å². The summed E-state index contributed by atoms with van der Waals surface area (Å²) < 4.78 is 5.75. The second-order valence-electron chi connectivity index (χ2n) is 4.93. The number of anilines is 1. The summed E-state index contributed by atoms with van der Waals surface area (Å²) in [4.78, 5) is 7.08. The standard InChI is InChI=1S/C15H25N3O/c1-3-16-11-13-7-5-9-15(17-13)18-10-6-8-14(12-18)19-4-2/h5,7,9,14,16H,3-4,6,8,10-12H2,1-2H3. The lowest BCUT2D eigenvalue weighted by Gasteiger charge is -2.33. The van der Waals surface area contributed by atoms with Crippen molar-refractivity contribution in [3.05, 3.63) is 23.9 Å². The summed E-state index contributed by atoms with van der Waals surface area (Å²) in [5.41, 5.74) is 1.11. The molecule has 0 saturated carbocycles. The molecular formula is C15H25N3O. The van der Waals surface area contributed by atoms with Crippen LogP contribution in [0.5, 0.6) is 0 Å². The van der Waals surface area contributed by atoms with Crippen LogP contribution in [-0.4, -0.2) is 37.3 Å². The average Bonchev–Trinajstić information content (AvgIpc) is 2.46.